The summed E-state index contributed by atoms with van der Waals surface area (Å²) in [5.41, 5.74) is 3.44. The number of alkyl carbamates (subject to hydrolysis) is 1. The van der Waals surface area contributed by atoms with Crippen LogP contribution in [0.25, 0.3) is 0 Å². The van der Waals surface area contributed by atoms with Gasteiger partial charge in [-0.15, -0.1) is 0 Å². The molecule has 3 aromatic carbocycles. The van der Waals surface area contributed by atoms with E-state index < -0.39 is 6.09 Å². The molecule has 1 amide bonds. The first-order valence-corrected chi connectivity index (χ1v) is 11.0. The number of rotatable bonds is 6. The molecule has 4 nitrogen and oxygen atoms in total. The molecule has 1 aliphatic heterocycles. The van der Waals surface area contributed by atoms with Crippen molar-refractivity contribution in [2.45, 2.75) is 31.5 Å². The van der Waals surface area contributed by atoms with Crippen LogP contribution < -0.4 is 5.32 Å². The summed E-state index contributed by atoms with van der Waals surface area (Å²) in [6, 6.07) is 30.9. The first-order valence-electron chi connectivity index (χ1n) is 10.6. The minimum Gasteiger partial charge on any atom is -0.445 e. The number of benzene rings is 3. The van der Waals surface area contributed by atoms with E-state index in [-0.39, 0.29) is 25.2 Å². The average Bonchev–Trinajstić information content (AvgIpc) is 3.28. The second kappa shape index (κ2) is 10.2. The highest BCUT2D eigenvalue weighted by molar-refractivity contribution is 7.80. The molecule has 0 radical (unpaired) electrons. The van der Waals surface area contributed by atoms with Crippen molar-refractivity contribution in [2.75, 3.05) is 6.54 Å². The highest BCUT2D eigenvalue weighted by Gasteiger charge is 2.36. The predicted molar refractivity (Wildman–Crippen MR) is 127 cm³/mol. The maximum Gasteiger partial charge on any atom is 0.407 e. The van der Waals surface area contributed by atoms with Crippen molar-refractivity contribution in [3.8, 4) is 0 Å². The lowest BCUT2D eigenvalue weighted by Crippen LogP contribution is -2.40. The molecule has 31 heavy (non-hydrogen) atoms. The summed E-state index contributed by atoms with van der Waals surface area (Å²) in [6.45, 7) is 0.512. The van der Waals surface area contributed by atoms with E-state index >= 15 is 0 Å². The minimum absolute atomic E-state index is 0.195. The van der Waals surface area contributed by atoms with Gasteiger partial charge in [-0.25, -0.2) is 4.79 Å². The van der Waals surface area contributed by atoms with Crippen LogP contribution in [0, 0.1) is 0 Å². The van der Waals surface area contributed by atoms with Gasteiger partial charge < -0.3 is 15.0 Å². The maximum absolute atomic E-state index is 12.2. The Morgan fingerprint density at radius 3 is 1.84 bits per heavy atom. The van der Waals surface area contributed by atoms with E-state index in [0.29, 0.717) is 0 Å². The van der Waals surface area contributed by atoms with Gasteiger partial charge in [0.25, 0.3) is 0 Å². The largest absolute Gasteiger partial charge is 0.445 e. The second-order valence-corrected chi connectivity index (χ2v) is 8.12. The van der Waals surface area contributed by atoms with Crippen molar-refractivity contribution in [3.05, 3.63) is 108 Å². The van der Waals surface area contributed by atoms with Gasteiger partial charge in [-0.05, 0) is 29.5 Å². The number of hydrogen-bond donors (Lipinski definition) is 1. The fourth-order valence-corrected chi connectivity index (χ4v) is 4.50. The lowest BCUT2D eigenvalue weighted by atomic mass is 10.0. The smallest absolute Gasteiger partial charge is 0.407 e. The molecular weight excluding hydrogens is 404 g/mol. The van der Waals surface area contributed by atoms with Crippen LogP contribution in [-0.2, 0) is 11.3 Å². The van der Waals surface area contributed by atoms with E-state index in [1.807, 2.05) is 42.5 Å². The first kappa shape index (κ1) is 21.1. The molecule has 2 atom stereocenters. The highest BCUT2D eigenvalue weighted by atomic mass is 32.1. The molecule has 1 heterocycles. The van der Waals surface area contributed by atoms with Crippen LogP contribution in [0.2, 0.25) is 0 Å². The standard InChI is InChI=1S/C26H26N2O2S/c29-26(30-19-20-10-4-1-5-11-20)27-18-25(31)28-23(21-12-6-2-7-13-21)16-17-24(28)22-14-8-3-9-15-22/h1-15,23-24H,16-19H2,(H,27,29)/t23-,24-/m1/s1. The molecule has 1 N–H and O–H groups in total. The molecule has 0 aromatic heterocycles. The van der Waals surface area contributed by atoms with Crippen molar-refractivity contribution >= 4 is 23.3 Å². The van der Waals surface area contributed by atoms with Crippen molar-refractivity contribution in [1.82, 2.24) is 10.2 Å². The number of amides is 1. The number of hydrogen-bond acceptors (Lipinski definition) is 3. The summed E-state index contributed by atoms with van der Waals surface area (Å²) in [5, 5.41) is 2.83. The zero-order valence-corrected chi connectivity index (χ0v) is 18.1. The minimum atomic E-state index is -0.460. The van der Waals surface area contributed by atoms with Crippen LogP contribution in [0.4, 0.5) is 4.79 Å². The maximum atomic E-state index is 12.2. The Morgan fingerprint density at radius 2 is 1.32 bits per heavy atom. The number of nitrogens with zero attached hydrogens (tertiary/aromatic N) is 1. The topological polar surface area (TPSA) is 41.6 Å². The monoisotopic (exact) mass is 430 g/mol. The van der Waals surface area contributed by atoms with E-state index in [1.54, 1.807) is 0 Å². The van der Waals surface area contributed by atoms with Crippen molar-refractivity contribution in [2.24, 2.45) is 0 Å². The van der Waals surface area contributed by atoms with Crippen LogP contribution in [0.3, 0.4) is 0 Å². The van der Waals surface area contributed by atoms with Gasteiger partial charge in [0.1, 0.15) is 6.61 Å². The van der Waals surface area contributed by atoms with E-state index in [0.717, 1.165) is 23.4 Å². The fourth-order valence-electron chi connectivity index (χ4n) is 4.18. The summed E-state index contributed by atoms with van der Waals surface area (Å²) >= 11 is 5.82. The molecule has 158 valence electrons. The Balaban J connectivity index is 1.43. The second-order valence-electron chi connectivity index (χ2n) is 7.65. The molecule has 3 aromatic rings. The lowest BCUT2D eigenvalue weighted by molar-refractivity contribution is 0.140. The summed E-state index contributed by atoms with van der Waals surface area (Å²) in [6.07, 6.45) is 1.57. The summed E-state index contributed by atoms with van der Waals surface area (Å²) in [4.78, 5) is 15.2. The molecule has 0 saturated carbocycles. The van der Waals surface area contributed by atoms with Crippen molar-refractivity contribution in [1.29, 1.82) is 0 Å². The van der Waals surface area contributed by atoms with Gasteiger partial charge in [-0.3, -0.25) is 0 Å². The number of carbonyl (C=O) groups excluding carboxylic acids is 1. The number of ether oxygens (including phenoxy) is 1. The van der Waals surface area contributed by atoms with E-state index in [2.05, 4.69) is 58.7 Å². The van der Waals surface area contributed by atoms with Gasteiger partial charge in [-0.1, -0.05) is 103 Å². The summed E-state index contributed by atoms with van der Waals surface area (Å²) in [5.74, 6) is 0. The normalized spacial score (nSPS) is 17.9. The highest BCUT2D eigenvalue weighted by Crippen LogP contribution is 2.44. The van der Waals surface area contributed by atoms with Gasteiger partial charge in [0, 0.05) is 0 Å². The quantitative estimate of drug-likeness (QED) is 0.501. The molecule has 0 unspecified atom stereocenters. The van der Waals surface area contributed by atoms with Crippen LogP contribution in [0.1, 0.15) is 41.6 Å². The van der Waals surface area contributed by atoms with Gasteiger partial charge in [-0.2, -0.15) is 0 Å². The van der Waals surface area contributed by atoms with Gasteiger partial charge in [0.2, 0.25) is 0 Å². The molecular formula is C26H26N2O2S. The molecule has 5 heteroatoms. The fraction of sp³-hybridized carbons (Fsp3) is 0.231. The number of carbonyl (C=O) groups is 1. The Kier molecular flexibility index (Phi) is 6.95. The van der Waals surface area contributed by atoms with E-state index in [9.17, 15) is 4.79 Å². The number of likely N-dealkylation sites (tertiary alicyclic amines) is 1. The van der Waals surface area contributed by atoms with Gasteiger partial charge in [0.15, 0.2) is 0 Å². The molecule has 1 aliphatic rings. The number of nitrogens with one attached hydrogen (secondary N) is 1. The Labute approximate surface area is 188 Å². The predicted octanol–water partition coefficient (Wildman–Crippen LogP) is 5.82. The molecule has 1 fully saturated rings. The lowest BCUT2D eigenvalue weighted by Gasteiger charge is -2.33. The SMILES string of the molecule is O=C(NCC(=S)N1[C@@H](c2ccccc2)CC[C@@H]1c1ccccc1)OCc1ccccc1. The third-order valence-corrected chi connectivity index (χ3v) is 5.99. The first-order chi connectivity index (χ1) is 15.2. The van der Waals surface area contributed by atoms with Crippen molar-refractivity contribution < 1.29 is 9.53 Å². The molecule has 0 bridgehead atoms. The zero-order valence-electron chi connectivity index (χ0n) is 17.3. The van der Waals surface area contributed by atoms with E-state index in [4.69, 9.17) is 17.0 Å². The van der Waals surface area contributed by atoms with Gasteiger partial charge >= 0.3 is 6.09 Å². The Bertz CT molecular complexity index is 948. The molecule has 0 spiro atoms. The van der Waals surface area contributed by atoms with Crippen LogP contribution in [0.15, 0.2) is 91.0 Å². The van der Waals surface area contributed by atoms with Gasteiger partial charge in [0.05, 0.1) is 23.6 Å². The molecule has 4 rings (SSSR count). The molecule has 0 aliphatic carbocycles. The van der Waals surface area contributed by atoms with Crippen molar-refractivity contribution in [3.63, 3.8) is 0 Å². The van der Waals surface area contributed by atoms with Crippen LogP contribution in [0.5, 0.6) is 0 Å². The third kappa shape index (κ3) is 5.30. The Hall–Kier alpha value is -3.18. The summed E-state index contributed by atoms with van der Waals surface area (Å²) in [7, 11) is 0. The Morgan fingerprint density at radius 1 is 0.839 bits per heavy atom. The van der Waals surface area contributed by atoms with Crippen LogP contribution >= 0.6 is 12.2 Å². The zero-order chi connectivity index (χ0) is 21.5. The summed E-state index contributed by atoms with van der Waals surface area (Å²) < 4.78 is 5.34. The third-order valence-electron chi connectivity index (χ3n) is 5.64. The molecule has 1 saturated heterocycles. The average molecular weight is 431 g/mol. The number of thiocarbonyl (C=S) groups is 1. The van der Waals surface area contributed by atoms with E-state index in [1.165, 1.54) is 11.1 Å². The van der Waals surface area contributed by atoms with Crippen LogP contribution in [-0.4, -0.2) is 22.5 Å².